The normalized spacial score (nSPS) is 21.3. The van der Waals surface area contributed by atoms with E-state index in [-0.39, 0.29) is 16.2 Å². The van der Waals surface area contributed by atoms with Gasteiger partial charge in [0.25, 0.3) is 0 Å². The Bertz CT molecular complexity index is 824. The molecule has 0 saturated carbocycles. The fraction of sp³-hybridized carbons (Fsp3) is 0.545. The largest absolute Gasteiger partial charge is 0.360 e. The van der Waals surface area contributed by atoms with Gasteiger partial charge in [-0.1, -0.05) is 58.0 Å². The fourth-order valence-electron chi connectivity index (χ4n) is 3.39. The molecule has 2 heterocycles. The first kappa shape index (κ1) is 19.1. The van der Waals surface area contributed by atoms with Gasteiger partial charge in [-0.15, -0.1) is 11.3 Å². The smallest absolute Gasteiger partial charge is 0.147 e. The highest BCUT2D eigenvalue weighted by atomic mass is 32.1. The molecule has 0 N–H and O–H groups in total. The summed E-state index contributed by atoms with van der Waals surface area (Å²) in [6.07, 6.45) is 11.9. The molecule has 1 atom stereocenters. The van der Waals surface area contributed by atoms with Crippen LogP contribution >= 0.6 is 11.3 Å². The molecule has 0 aromatic carbocycles. The van der Waals surface area contributed by atoms with Crippen molar-refractivity contribution in [1.29, 1.82) is 0 Å². The standard InChI is InChI=1S/C22H30N2OS/c1-15(2)16-8-11-22(7,12-9-16)21(5,6)19-23-14-18(26-19)20(3,4)17-10-13-24-25-17/h8-11,13-15H,12H2,1-7H3. The number of rotatable bonds is 5. The quantitative estimate of drug-likeness (QED) is 0.621. The van der Waals surface area contributed by atoms with Gasteiger partial charge in [-0.05, 0) is 31.8 Å². The Hall–Kier alpha value is -1.68. The number of hydrogen-bond acceptors (Lipinski definition) is 4. The highest BCUT2D eigenvalue weighted by Crippen LogP contribution is 2.50. The molecule has 0 saturated heterocycles. The minimum Gasteiger partial charge on any atom is -0.360 e. The molecule has 1 aliphatic rings. The van der Waals surface area contributed by atoms with Crippen LogP contribution in [0.15, 0.2) is 46.8 Å². The topological polar surface area (TPSA) is 38.9 Å². The van der Waals surface area contributed by atoms with Gasteiger partial charge in [-0.25, -0.2) is 4.98 Å². The van der Waals surface area contributed by atoms with Crippen molar-refractivity contribution in [2.24, 2.45) is 11.3 Å². The maximum atomic E-state index is 5.43. The molecular weight excluding hydrogens is 340 g/mol. The van der Waals surface area contributed by atoms with Crippen LogP contribution in [0, 0.1) is 11.3 Å². The Balaban J connectivity index is 1.90. The predicted molar refractivity (Wildman–Crippen MR) is 109 cm³/mol. The summed E-state index contributed by atoms with van der Waals surface area (Å²) >= 11 is 1.79. The van der Waals surface area contributed by atoms with E-state index in [1.807, 2.05) is 12.3 Å². The summed E-state index contributed by atoms with van der Waals surface area (Å²) in [6, 6.07) is 1.94. The summed E-state index contributed by atoms with van der Waals surface area (Å²) in [5, 5.41) is 5.04. The number of allylic oxidation sites excluding steroid dienone is 4. The van der Waals surface area contributed by atoms with Crippen molar-refractivity contribution in [1.82, 2.24) is 10.1 Å². The zero-order valence-corrected chi connectivity index (χ0v) is 17.8. The van der Waals surface area contributed by atoms with Crippen molar-refractivity contribution in [3.05, 3.63) is 57.9 Å². The molecule has 0 aliphatic heterocycles. The van der Waals surface area contributed by atoms with Gasteiger partial charge in [0.05, 0.1) is 16.6 Å². The van der Waals surface area contributed by atoms with Crippen LogP contribution in [0.4, 0.5) is 0 Å². The van der Waals surface area contributed by atoms with Gasteiger partial charge in [0, 0.05) is 28.0 Å². The molecule has 0 bridgehead atoms. The summed E-state index contributed by atoms with van der Waals surface area (Å²) in [4.78, 5) is 6.05. The molecule has 140 valence electrons. The van der Waals surface area contributed by atoms with Gasteiger partial charge in [-0.3, -0.25) is 0 Å². The molecule has 3 rings (SSSR count). The Kier molecular flexibility index (Phi) is 4.76. The molecular formula is C22H30N2OS. The second-order valence-electron chi connectivity index (χ2n) is 8.97. The van der Waals surface area contributed by atoms with Crippen LogP contribution in [0.3, 0.4) is 0 Å². The third-order valence-corrected chi connectivity index (χ3v) is 7.85. The summed E-state index contributed by atoms with van der Waals surface area (Å²) in [5.41, 5.74) is 1.21. The van der Waals surface area contributed by atoms with Crippen LogP contribution in [-0.4, -0.2) is 10.1 Å². The van der Waals surface area contributed by atoms with Crippen molar-refractivity contribution in [2.45, 2.75) is 65.7 Å². The lowest BCUT2D eigenvalue weighted by molar-refractivity contribution is 0.238. The lowest BCUT2D eigenvalue weighted by Crippen LogP contribution is -2.38. The number of nitrogens with zero attached hydrogens (tertiary/aromatic N) is 2. The van der Waals surface area contributed by atoms with E-state index in [1.54, 1.807) is 17.5 Å². The zero-order valence-electron chi connectivity index (χ0n) is 17.0. The minimum atomic E-state index is -0.226. The maximum Gasteiger partial charge on any atom is 0.147 e. The van der Waals surface area contributed by atoms with Crippen molar-refractivity contribution < 1.29 is 4.52 Å². The molecule has 1 unspecified atom stereocenters. The van der Waals surface area contributed by atoms with Gasteiger partial charge in [-0.2, -0.15) is 0 Å². The van der Waals surface area contributed by atoms with Crippen molar-refractivity contribution in [3.8, 4) is 0 Å². The molecule has 2 aromatic rings. The monoisotopic (exact) mass is 370 g/mol. The Morgan fingerprint density at radius 1 is 1.23 bits per heavy atom. The predicted octanol–water partition coefficient (Wildman–Crippen LogP) is 6.28. The van der Waals surface area contributed by atoms with Gasteiger partial charge in [0.2, 0.25) is 0 Å². The number of aromatic nitrogens is 2. The van der Waals surface area contributed by atoms with E-state index in [4.69, 9.17) is 9.51 Å². The summed E-state index contributed by atoms with van der Waals surface area (Å²) < 4.78 is 5.43. The molecule has 0 spiro atoms. The highest BCUT2D eigenvalue weighted by molar-refractivity contribution is 7.12. The van der Waals surface area contributed by atoms with Gasteiger partial charge < -0.3 is 4.52 Å². The second-order valence-corrected chi connectivity index (χ2v) is 10.0. The third kappa shape index (κ3) is 3.09. The summed E-state index contributed by atoms with van der Waals surface area (Å²) in [7, 11) is 0. The van der Waals surface area contributed by atoms with Crippen LogP contribution in [0.5, 0.6) is 0 Å². The Morgan fingerprint density at radius 2 is 1.96 bits per heavy atom. The minimum absolute atomic E-state index is 0.0525. The average Bonchev–Trinajstić information content (AvgIpc) is 3.27. The number of hydrogen-bond donors (Lipinski definition) is 0. The first-order valence-electron chi connectivity index (χ1n) is 9.35. The highest BCUT2D eigenvalue weighted by Gasteiger charge is 2.43. The number of thiazole rings is 1. The van der Waals surface area contributed by atoms with Crippen LogP contribution in [0.1, 0.15) is 70.5 Å². The lowest BCUT2D eigenvalue weighted by atomic mass is 9.63. The molecule has 0 radical (unpaired) electrons. The second kappa shape index (κ2) is 6.49. The molecule has 2 aromatic heterocycles. The lowest BCUT2D eigenvalue weighted by Gasteiger charge is -2.42. The van der Waals surface area contributed by atoms with E-state index in [1.165, 1.54) is 15.5 Å². The SMILES string of the molecule is CC(C)C1=CCC(C)(C(C)(C)c2ncc(C(C)(C)c3ccno3)s2)C=C1. The molecule has 0 amide bonds. The molecule has 26 heavy (non-hydrogen) atoms. The van der Waals surface area contributed by atoms with E-state index in [0.29, 0.717) is 5.92 Å². The van der Waals surface area contributed by atoms with Crippen LogP contribution in [-0.2, 0) is 10.8 Å². The van der Waals surface area contributed by atoms with Gasteiger partial charge in [0.1, 0.15) is 5.76 Å². The van der Waals surface area contributed by atoms with Crippen molar-refractivity contribution in [3.63, 3.8) is 0 Å². The van der Waals surface area contributed by atoms with E-state index in [0.717, 1.165) is 12.2 Å². The molecule has 3 nitrogen and oxygen atoms in total. The van der Waals surface area contributed by atoms with E-state index in [2.05, 4.69) is 71.9 Å². The van der Waals surface area contributed by atoms with Crippen LogP contribution in [0.2, 0.25) is 0 Å². The maximum absolute atomic E-state index is 5.43. The van der Waals surface area contributed by atoms with Gasteiger partial charge >= 0.3 is 0 Å². The van der Waals surface area contributed by atoms with Crippen molar-refractivity contribution in [2.75, 3.05) is 0 Å². The molecule has 4 heteroatoms. The van der Waals surface area contributed by atoms with Crippen molar-refractivity contribution >= 4 is 11.3 Å². The van der Waals surface area contributed by atoms with Crippen LogP contribution in [0.25, 0.3) is 0 Å². The van der Waals surface area contributed by atoms with E-state index >= 15 is 0 Å². The zero-order chi connectivity index (χ0) is 19.2. The fourth-order valence-corrected chi connectivity index (χ4v) is 4.66. The average molecular weight is 371 g/mol. The summed E-state index contributed by atoms with van der Waals surface area (Å²) in [6.45, 7) is 15.8. The Morgan fingerprint density at radius 3 is 2.50 bits per heavy atom. The first-order chi connectivity index (χ1) is 12.1. The third-order valence-electron chi connectivity index (χ3n) is 6.21. The first-order valence-corrected chi connectivity index (χ1v) is 10.2. The van der Waals surface area contributed by atoms with Gasteiger partial charge in [0.15, 0.2) is 0 Å². The van der Waals surface area contributed by atoms with Crippen LogP contribution < -0.4 is 0 Å². The van der Waals surface area contributed by atoms with E-state index < -0.39 is 0 Å². The Labute approximate surface area is 161 Å². The molecule has 1 aliphatic carbocycles. The summed E-state index contributed by atoms with van der Waals surface area (Å²) in [5.74, 6) is 1.45. The van der Waals surface area contributed by atoms with E-state index in [9.17, 15) is 0 Å². The molecule has 0 fully saturated rings.